The molecule has 248 valence electrons. The zero-order valence-corrected chi connectivity index (χ0v) is 29.3. The van der Waals surface area contributed by atoms with Gasteiger partial charge in [-0.3, -0.25) is 19.2 Å². The lowest BCUT2D eigenvalue weighted by Gasteiger charge is -2.15. The Balaban J connectivity index is 1.15. The number of benzene rings is 5. The Kier molecular flexibility index (Phi) is 9.38. The number of carbonyl (C=O) groups excluding carboxylic acids is 4. The van der Waals surface area contributed by atoms with Crippen LogP contribution in [-0.4, -0.2) is 33.4 Å². The largest absolute Gasteiger partial charge is 0.341 e. The highest BCUT2D eigenvalue weighted by atomic mass is 79.9. The lowest BCUT2D eigenvalue weighted by Crippen LogP contribution is -2.31. The zero-order chi connectivity index (χ0) is 34.8. The SMILES string of the molecule is CCn1c2ccccc2c2cc(/C=C(\NC(=O)c3ccccc3)C(=O)Nc3cccc(SC4CC(=O)N(c5ccc(Br)cc5)C4=O)c3)ccc21. The van der Waals surface area contributed by atoms with Crippen molar-refractivity contribution in [3.8, 4) is 0 Å². The molecule has 0 spiro atoms. The predicted molar refractivity (Wildman–Crippen MR) is 203 cm³/mol. The van der Waals surface area contributed by atoms with E-state index in [2.05, 4.69) is 50.2 Å². The van der Waals surface area contributed by atoms with Crippen LogP contribution in [-0.2, 0) is 20.9 Å². The number of aromatic nitrogens is 1. The number of amides is 4. The summed E-state index contributed by atoms with van der Waals surface area (Å²) in [5.74, 6) is -1.48. The summed E-state index contributed by atoms with van der Waals surface area (Å²) in [6.07, 6.45) is 1.74. The van der Waals surface area contributed by atoms with Crippen molar-refractivity contribution in [3.05, 3.63) is 143 Å². The maximum Gasteiger partial charge on any atom is 0.272 e. The minimum absolute atomic E-state index is 0.0653. The molecule has 50 heavy (non-hydrogen) atoms. The number of hydrogen-bond acceptors (Lipinski definition) is 5. The molecule has 1 unspecified atom stereocenters. The smallest absolute Gasteiger partial charge is 0.272 e. The second kappa shape index (κ2) is 14.2. The van der Waals surface area contributed by atoms with Gasteiger partial charge in [-0.25, -0.2) is 4.90 Å². The minimum Gasteiger partial charge on any atom is -0.341 e. The fourth-order valence-electron chi connectivity index (χ4n) is 6.18. The molecule has 1 saturated heterocycles. The van der Waals surface area contributed by atoms with E-state index in [9.17, 15) is 19.2 Å². The molecule has 0 bridgehead atoms. The van der Waals surface area contributed by atoms with E-state index in [-0.39, 0.29) is 23.9 Å². The number of nitrogens with one attached hydrogen (secondary N) is 2. The molecule has 1 fully saturated rings. The number of imide groups is 1. The van der Waals surface area contributed by atoms with Crippen molar-refractivity contribution in [2.24, 2.45) is 0 Å². The highest BCUT2D eigenvalue weighted by Gasteiger charge is 2.40. The summed E-state index contributed by atoms with van der Waals surface area (Å²) in [4.78, 5) is 55.2. The van der Waals surface area contributed by atoms with E-state index in [1.165, 1.54) is 16.7 Å². The first kappa shape index (κ1) is 33.1. The standard InChI is InChI=1S/C40H31BrN4O4S/c1-2-44-34-14-7-6-13-31(34)32-21-25(15-20-35(32)44)22-33(43-38(47)26-9-4-3-5-10-26)39(48)42-28-11-8-12-30(23-28)50-36-24-37(46)45(40(36)49)29-18-16-27(41)17-19-29/h3-23,36H,2,24H2,1H3,(H,42,48)(H,43,47)/b33-22-. The Morgan fingerprint density at radius 2 is 1.58 bits per heavy atom. The average Bonchev–Trinajstić information content (AvgIpc) is 3.60. The number of nitrogens with zero attached hydrogens (tertiary/aromatic N) is 2. The van der Waals surface area contributed by atoms with Crippen LogP contribution >= 0.6 is 27.7 Å². The summed E-state index contributed by atoms with van der Waals surface area (Å²) in [6.45, 7) is 2.92. The molecule has 0 aliphatic carbocycles. The van der Waals surface area contributed by atoms with Crippen LogP contribution < -0.4 is 15.5 Å². The van der Waals surface area contributed by atoms with Crippen LogP contribution in [0.1, 0.15) is 29.3 Å². The predicted octanol–water partition coefficient (Wildman–Crippen LogP) is 8.41. The summed E-state index contributed by atoms with van der Waals surface area (Å²) >= 11 is 4.66. The normalized spacial score (nSPS) is 14.8. The number of halogens is 1. The number of fused-ring (bicyclic) bond motifs is 3. The van der Waals surface area contributed by atoms with Crippen LogP contribution in [0.5, 0.6) is 0 Å². The molecule has 0 saturated carbocycles. The lowest BCUT2D eigenvalue weighted by atomic mass is 10.1. The molecular formula is C40H31BrN4O4S. The van der Waals surface area contributed by atoms with Gasteiger partial charge in [-0.15, -0.1) is 11.8 Å². The van der Waals surface area contributed by atoms with Gasteiger partial charge >= 0.3 is 0 Å². The maximum atomic E-state index is 13.9. The van der Waals surface area contributed by atoms with Crippen LogP contribution in [0.3, 0.4) is 0 Å². The van der Waals surface area contributed by atoms with Crippen LogP contribution in [0.15, 0.2) is 136 Å². The van der Waals surface area contributed by atoms with Crippen LogP contribution in [0.25, 0.3) is 27.9 Å². The molecule has 7 rings (SSSR count). The van der Waals surface area contributed by atoms with E-state index in [1.54, 1.807) is 72.8 Å². The molecule has 2 N–H and O–H groups in total. The molecule has 10 heteroatoms. The van der Waals surface area contributed by atoms with Gasteiger partial charge in [0.15, 0.2) is 0 Å². The van der Waals surface area contributed by atoms with Crippen LogP contribution in [0, 0.1) is 0 Å². The molecule has 5 aromatic carbocycles. The monoisotopic (exact) mass is 742 g/mol. The van der Waals surface area contributed by atoms with Crippen molar-refractivity contribution in [1.82, 2.24) is 9.88 Å². The molecule has 8 nitrogen and oxygen atoms in total. The summed E-state index contributed by atoms with van der Waals surface area (Å²) in [6, 6.07) is 37.1. The second-order valence-electron chi connectivity index (χ2n) is 11.8. The first-order valence-electron chi connectivity index (χ1n) is 16.1. The summed E-state index contributed by atoms with van der Waals surface area (Å²) < 4.78 is 3.10. The summed E-state index contributed by atoms with van der Waals surface area (Å²) in [7, 11) is 0. The molecule has 1 aliphatic rings. The Labute approximate surface area is 301 Å². The van der Waals surface area contributed by atoms with Gasteiger partial charge in [-0.2, -0.15) is 0 Å². The number of rotatable bonds is 9. The van der Waals surface area contributed by atoms with Crippen LogP contribution in [0.2, 0.25) is 0 Å². The maximum absolute atomic E-state index is 13.9. The summed E-state index contributed by atoms with van der Waals surface area (Å²) in [5.41, 5.74) is 4.45. The van der Waals surface area contributed by atoms with E-state index < -0.39 is 17.1 Å². The van der Waals surface area contributed by atoms with Gasteiger partial charge in [0.1, 0.15) is 5.70 Å². The van der Waals surface area contributed by atoms with E-state index in [0.717, 1.165) is 38.4 Å². The molecule has 6 aromatic rings. The van der Waals surface area contributed by atoms with Gasteiger partial charge in [-0.1, -0.05) is 64.5 Å². The quantitative estimate of drug-likeness (QED) is 0.115. The van der Waals surface area contributed by atoms with Crippen molar-refractivity contribution < 1.29 is 19.2 Å². The fraction of sp³-hybridized carbons (Fsp3) is 0.100. The number of hydrogen-bond donors (Lipinski definition) is 2. The van der Waals surface area contributed by atoms with Crippen molar-refractivity contribution in [1.29, 1.82) is 0 Å². The molecule has 4 amide bonds. The number of aryl methyl sites for hydroxylation is 1. The third kappa shape index (κ3) is 6.72. The lowest BCUT2D eigenvalue weighted by molar-refractivity contribution is -0.121. The molecule has 0 radical (unpaired) electrons. The highest BCUT2D eigenvalue weighted by molar-refractivity contribution is 9.10. The first-order valence-corrected chi connectivity index (χ1v) is 17.8. The first-order chi connectivity index (χ1) is 24.3. The molecule has 2 heterocycles. The van der Waals surface area contributed by atoms with Crippen LogP contribution in [0.4, 0.5) is 11.4 Å². The molecule has 1 atom stereocenters. The van der Waals surface area contributed by atoms with Gasteiger partial charge < -0.3 is 15.2 Å². The minimum atomic E-state index is -0.605. The van der Waals surface area contributed by atoms with E-state index in [0.29, 0.717) is 21.8 Å². The Bertz CT molecular complexity index is 2320. The van der Waals surface area contributed by atoms with E-state index in [4.69, 9.17) is 0 Å². The van der Waals surface area contributed by atoms with Gasteiger partial charge in [0.25, 0.3) is 11.8 Å². The summed E-state index contributed by atoms with van der Waals surface area (Å²) in [5, 5.41) is 7.29. The van der Waals surface area contributed by atoms with Gasteiger partial charge in [-0.05, 0) is 91.4 Å². The van der Waals surface area contributed by atoms with Gasteiger partial charge in [0, 0.05) is 55.4 Å². The van der Waals surface area contributed by atoms with Gasteiger partial charge in [0.2, 0.25) is 11.8 Å². The second-order valence-corrected chi connectivity index (χ2v) is 13.9. The van der Waals surface area contributed by atoms with E-state index in [1.807, 2.05) is 42.5 Å². The van der Waals surface area contributed by atoms with Crippen molar-refractivity contribution in [2.45, 2.75) is 30.0 Å². The average molecular weight is 744 g/mol. The third-order valence-electron chi connectivity index (χ3n) is 8.51. The zero-order valence-electron chi connectivity index (χ0n) is 26.9. The molecule has 1 aliphatic heterocycles. The highest BCUT2D eigenvalue weighted by Crippen LogP contribution is 2.35. The Hall–Kier alpha value is -5.45. The van der Waals surface area contributed by atoms with Gasteiger partial charge in [0.05, 0.1) is 10.9 Å². The number of carbonyl (C=O) groups is 4. The fourth-order valence-corrected chi connectivity index (χ4v) is 7.56. The molecule has 1 aromatic heterocycles. The van der Waals surface area contributed by atoms with Crippen molar-refractivity contribution in [3.63, 3.8) is 0 Å². The van der Waals surface area contributed by atoms with Crippen molar-refractivity contribution in [2.75, 3.05) is 10.2 Å². The van der Waals surface area contributed by atoms with Crippen molar-refractivity contribution >= 4 is 90.6 Å². The Morgan fingerprint density at radius 3 is 2.36 bits per heavy atom. The molecular weight excluding hydrogens is 712 g/mol. The number of para-hydroxylation sites is 1. The topological polar surface area (TPSA) is 101 Å². The number of anilines is 2. The number of thioether (sulfide) groups is 1. The third-order valence-corrected chi connectivity index (χ3v) is 10.2. The Morgan fingerprint density at radius 1 is 0.840 bits per heavy atom. The van der Waals surface area contributed by atoms with E-state index >= 15 is 0 Å².